The van der Waals surface area contributed by atoms with Crippen LogP contribution in [0.5, 0.6) is 0 Å². The van der Waals surface area contributed by atoms with Crippen molar-refractivity contribution in [3.63, 3.8) is 0 Å². The summed E-state index contributed by atoms with van der Waals surface area (Å²) < 4.78 is 25.7. The van der Waals surface area contributed by atoms with Gasteiger partial charge in [-0.2, -0.15) is 0 Å². The van der Waals surface area contributed by atoms with Crippen LogP contribution in [0.3, 0.4) is 0 Å². The molecule has 0 rings (SSSR count). The molecule has 0 amide bonds. The van der Waals surface area contributed by atoms with Gasteiger partial charge in [-0.15, -0.1) is 0 Å². The number of carbonyl (C=O) groups is 1. The van der Waals surface area contributed by atoms with E-state index in [1.54, 1.807) is 13.8 Å². The van der Waals surface area contributed by atoms with E-state index in [1.165, 1.54) is 0 Å². The maximum absolute atomic E-state index is 11.5. The Morgan fingerprint density at radius 2 is 1.70 bits per heavy atom. The predicted octanol–water partition coefficient (Wildman–Crippen LogP) is 1.54. The molecule has 1 N–H and O–H groups in total. The largest absolute Gasteiger partial charge is 0.472 e. The molecule has 0 heterocycles. The second-order valence-corrected chi connectivity index (χ2v) is 9.19. The second-order valence-electron chi connectivity index (χ2n) is 5.76. The van der Waals surface area contributed by atoms with E-state index in [-0.39, 0.29) is 19.8 Å². The molecule has 0 aromatic heterocycles. The van der Waals surface area contributed by atoms with Crippen LogP contribution in [-0.2, 0) is 23.1 Å². The molecule has 1 unspecified atom stereocenters. The van der Waals surface area contributed by atoms with E-state index in [4.69, 9.17) is 13.8 Å². The zero-order chi connectivity index (χ0) is 16.0. The monoisotopic (exact) mass is 376 g/mol. The van der Waals surface area contributed by atoms with Gasteiger partial charge >= 0.3 is 13.8 Å². The Morgan fingerprint density at radius 1 is 1.20 bits per heavy atom. The van der Waals surface area contributed by atoms with E-state index in [0.29, 0.717) is 11.0 Å². The zero-order valence-electron chi connectivity index (χ0n) is 12.6. The van der Waals surface area contributed by atoms with E-state index in [0.717, 1.165) is 0 Å². The summed E-state index contributed by atoms with van der Waals surface area (Å²) in [7, 11) is 1.72. The van der Waals surface area contributed by atoms with Crippen molar-refractivity contribution >= 4 is 29.7 Å². The van der Waals surface area contributed by atoms with Crippen molar-refractivity contribution in [1.29, 1.82) is 0 Å². The highest BCUT2D eigenvalue weighted by Gasteiger charge is 2.26. The molecule has 0 saturated carbocycles. The number of esters is 1. The van der Waals surface area contributed by atoms with Gasteiger partial charge in [0.15, 0.2) is 0 Å². The van der Waals surface area contributed by atoms with Gasteiger partial charge in [0.1, 0.15) is 24.1 Å². The Hall–Kier alpha value is 0.0200. The lowest BCUT2D eigenvalue weighted by Crippen LogP contribution is -2.37. The third-order valence-electron chi connectivity index (χ3n) is 2.07. The van der Waals surface area contributed by atoms with Gasteiger partial charge in [0.05, 0.1) is 27.7 Å². The fourth-order valence-electron chi connectivity index (χ4n) is 0.926. The first-order valence-electron chi connectivity index (χ1n) is 6.12. The third kappa shape index (κ3) is 10.8. The predicted molar refractivity (Wildman–Crippen MR) is 78.6 cm³/mol. The summed E-state index contributed by atoms with van der Waals surface area (Å²) in [5, 5.41) is 0. The first-order valence-corrected chi connectivity index (χ1v) is 8.41. The number of quaternary nitrogens is 1. The summed E-state index contributed by atoms with van der Waals surface area (Å²) in [6.07, 6.45) is 0. The Balaban J connectivity index is 3.89. The molecule has 0 aromatic carbocycles. The molecule has 0 aliphatic carbocycles. The fourth-order valence-corrected chi connectivity index (χ4v) is 1.73. The highest BCUT2D eigenvalue weighted by atomic mass is 79.9. The normalized spacial score (nSPS) is 15.8. The van der Waals surface area contributed by atoms with E-state index in [1.807, 2.05) is 21.1 Å². The molecule has 0 aromatic rings. The number of hydrogen-bond donors (Lipinski definition) is 1. The number of phosphoric ester groups is 1. The van der Waals surface area contributed by atoms with E-state index >= 15 is 0 Å². The Labute approximate surface area is 128 Å². The number of alkyl halides is 1. The summed E-state index contributed by atoms with van der Waals surface area (Å²) in [5.74, 6) is -0.472. The molecular formula is C11H24BrNO6P+. The summed E-state index contributed by atoms with van der Waals surface area (Å²) >= 11 is 3.14. The number of ether oxygens (including phenoxy) is 1. The molecule has 0 spiro atoms. The van der Waals surface area contributed by atoms with Crippen LogP contribution in [0.15, 0.2) is 0 Å². The molecule has 0 saturated heterocycles. The Bertz CT molecular complexity index is 363. The molecule has 120 valence electrons. The Kier molecular flexibility index (Phi) is 7.87. The van der Waals surface area contributed by atoms with Crippen LogP contribution in [0.4, 0.5) is 0 Å². The van der Waals surface area contributed by atoms with E-state index in [2.05, 4.69) is 15.9 Å². The number of hydrogen-bond acceptors (Lipinski definition) is 5. The van der Waals surface area contributed by atoms with Crippen LogP contribution < -0.4 is 0 Å². The van der Waals surface area contributed by atoms with Crippen molar-refractivity contribution in [2.75, 3.05) is 47.5 Å². The summed E-state index contributed by atoms with van der Waals surface area (Å²) in [6.45, 7) is 3.64. The number of nitrogens with zero attached hydrogens (tertiary/aromatic N) is 1. The van der Waals surface area contributed by atoms with Crippen LogP contribution in [0.2, 0.25) is 0 Å². The van der Waals surface area contributed by atoms with Crippen LogP contribution in [-0.4, -0.2) is 67.2 Å². The summed E-state index contributed by atoms with van der Waals surface area (Å²) in [4.78, 5) is 20.8. The van der Waals surface area contributed by atoms with Crippen molar-refractivity contribution in [2.24, 2.45) is 0 Å². The molecule has 0 bridgehead atoms. The number of phosphoric acid groups is 1. The molecule has 0 aliphatic rings. The van der Waals surface area contributed by atoms with Gasteiger partial charge < -0.3 is 14.1 Å². The highest BCUT2D eigenvalue weighted by Crippen LogP contribution is 2.42. The minimum Gasteiger partial charge on any atom is -0.462 e. The van der Waals surface area contributed by atoms with Gasteiger partial charge in [-0.25, -0.2) is 4.57 Å². The zero-order valence-corrected chi connectivity index (χ0v) is 15.1. The SMILES string of the molecule is CC(C)(Br)C(=O)OCCOP(=O)(O)OCC[N+](C)(C)C. The van der Waals surface area contributed by atoms with Crippen LogP contribution in [0, 0.1) is 0 Å². The average Bonchev–Trinajstić information content (AvgIpc) is 2.20. The molecule has 0 radical (unpaired) electrons. The molecule has 0 aliphatic heterocycles. The number of likely N-dealkylation sites (N-methyl/N-ethyl adjacent to an activating group) is 1. The van der Waals surface area contributed by atoms with Gasteiger partial charge in [0.25, 0.3) is 0 Å². The van der Waals surface area contributed by atoms with Crippen LogP contribution in [0.25, 0.3) is 0 Å². The topological polar surface area (TPSA) is 82.1 Å². The second kappa shape index (κ2) is 7.87. The van der Waals surface area contributed by atoms with Crippen LogP contribution in [0.1, 0.15) is 13.8 Å². The minimum atomic E-state index is -4.09. The van der Waals surface area contributed by atoms with Crippen molar-refractivity contribution in [3.05, 3.63) is 0 Å². The van der Waals surface area contributed by atoms with Gasteiger partial charge in [0.2, 0.25) is 0 Å². The Morgan fingerprint density at radius 3 is 2.15 bits per heavy atom. The fraction of sp³-hybridized carbons (Fsp3) is 0.909. The van der Waals surface area contributed by atoms with Gasteiger partial charge in [-0.3, -0.25) is 13.8 Å². The first-order chi connectivity index (χ1) is 8.83. The molecular weight excluding hydrogens is 353 g/mol. The number of carbonyl (C=O) groups excluding carboxylic acids is 1. The highest BCUT2D eigenvalue weighted by molar-refractivity contribution is 9.10. The van der Waals surface area contributed by atoms with E-state index < -0.39 is 18.1 Å². The summed E-state index contributed by atoms with van der Waals surface area (Å²) in [6, 6.07) is 0. The minimum absolute atomic E-state index is 0.103. The van der Waals surface area contributed by atoms with E-state index in [9.17, 15) is 14.3 Å². The molecule has 0 fully saturated rings. The van der Waals surface area contributed by atoms with Crippen LogP contribution >= 0.6 is 23.8 Å². The lowest BCUT2D eigenvalue weighted by molar-refractivity contribution is -0.870. The summed E-state index contributed by atoms with van der Waals surface area (Å²) in [5.41, 5.74) is 0. The van der Waals surface area contributed by atoms with Gasteiger partial charge in [0, 0.05) is 0 Å². The maximum Gasteiger partial charge on any atom is 0.472 e. The maximum atomic E-state index is 11.5. The van der Waals surface area contributed by atoms with Crippen molar-refractivity contribution in [2.45, 2.75) is 18.2 Å². The molecule has 1 atom stereocenters. The van der Waals surface area contributed by atoms with Crippen molar-refractivity contribution in [3.8, 4) is 0 Å². The van der Waals surface area contributed by atoms with Gasteiger partial charge in [-0.1, -0.05) is 15.9 Å². The lowest BCUT2D eigenvalue weighted by atomic mass is 10.2. The van der Waals surface area contributed by atoms with Crippen molar-refractivity contribution < 1.29 is 32.5 Å². The first kappa shape index (κ1) is 20.0. The average molecular weight is 377 g/mol. The van der Waals surface area contributed by atoms with Crippen molar-refractivity contribution in [1.82, 2.24) is 0 Å². The quantitative estimate of drug-likeness (QED) is 0.216. The lowest BCUT2D eigenvalue weighted by Gasteiger charge is -2.24. The molecule has 9 heteroatoms. The molecule has 7 nitrogen and oxygen atoms in total. The molecule has 20 heavy (non-hydrogen) atoms. The standard InChI is InChI=1S/C11H23BrNO6P/c1-11(2,12)10(14)17-8-9-19-20(15,16)18-7-6-13(3,4)5/h6-9H2,1-5H3/p+1. The number of rotatable bonds is 9. The smallest absolute Gasteiger partial charge is 0.462 e. The number of halogens is 1. The van der Waals surface area contributed by atoms with Gasteiger partial charge in [-0.05, 0) is 13.8 Å². The third-order valence-corrected chi connectivity index (χ3v) is 3.41.